The Morgan fingerprint density at radius 1 is 1.30 bits per heavy atom. The van der Waals surface area contributed by atoms with Crippen molar-refractivity contribution in [2.24, 2.45) is 5.92 Å². The van der Waals surface area contributed by atoms with Crippen molar-refractivity contribution in [3.05, 3.63) is 35.9 Å². The van der Waals surface area contributed by atoms with Crippen molar-refractivity contribution >= 4 is 15.7 Å². The minimum Gasteiger partial charge on any atom is -0.338 e. The first kappa shape index (κ1) is 15.0. The zero-order valence-corrected chi connectivity index (χ0v) is 12.6. The van der Waals surface area contributed by atoms with Gasteiger partial charge in [0, 0.05) is 19.5 Å². The van der Waals surface area contributed by atoms with Crippen LogP contribution in [0.25, 0.3) is 0 Å². The summed E-state index contributed by atoms with van der Waals surface area (Å²) < 4.78 is 23.0. The maximum absolute atomic E-state index is 12.0. The number of hydrogen-bond acceptors (Lipinski definition) is 3. The number of carbonyl (C=O) groups is 1. The molecule has 1 aromatic carbocycles. The Bertz CT molecular complexity index is 554. The molecule has 4 nitrogen and oxygen atoms in total. The van der Waals surface area contributed by atoms with Crippen molar-refractivity contribution in [3.63, 3.8) is 0 Å². The summed E-state index contributed by atoms with van der Waals surface area (Å²) >= 11 is 0. The molecule has 0 spiro atoms. The summed E-state index contributed by atoms with van der Waals surface area (Å²) in [6.07, 6.45) is 1.12. The van der Waals surface area contributed by atoms with Crippen molar-refractivity contribution in [1.82, 2.24) is 4.90 Å². The standard InChI is InChI=1S/C15H21NO3S/c1-2-15(17)16(10-13-6-4-3-5-7-13)11-14-8-9-20(18,19)12-14/h3-7,14H,2,8-12H2,1H3. The number of carbonyl (C=O) groups excluding carboxylic acids is 1. The van der Waals surface area contributed by atoms with Crippen LogP contribution in [0.1, 0.15) is 25.3 Å². The molecule has 5 heteroatoms. The highest BCUT2D eigenvalue weighted by Gasteiger charge is 2.30. The van der Waals surface area contributed by atoms with Gasteiger partial charge in [0.1, 0.15) is 0 Å². The molecule has 1 amide bonds. The molecule has 1 aliphatic rings. The Balaban J connectivity index is 2.03. The van der Waals surface area contributed by atoms with E-state index < -0.39 is 9.84 Å². The largest absolute Gasteiger partial charge is 0.338 e. The molecule has 1 aliphatic heterocycles. The fourth-order valence-electron chi connectivity index (χ4n) is 2.61. The van der Waals surface area contributed by atoms with Crippen molar-refractivity contribution < 1.29 is 13.2 Å². The third-order valence-electron chi connectivity index (χ3n) is 3.68. The van der Waals surface area contributed by atoms with Gasteiger partial charge in [-0.25, -0.2) is 8.42 Å². The molecule has 1 unspecified atom stereocenters. The number of nitrogens with zero attached hydrogens (tertiary/aromatic N) is 1. The lowest BCUT2D eigenvalue weighted by atomic mass is 10.1. The van der Waals surface area contributed by atoms with Gasteiger partial charge in [-0.3, -0.25) is 4.79 Å². The van der Waals surface area contributed by atoms with Gasteiger partial charge in [0.25, 0.3) is 0 Å². The van der Waals surface area contributed by atoms with E-state index in [1.54, 1.807) is 4.90 Å². The molecule has 110 valence electrons. The van der Waals surface area contributed by atoms with E-state index in [9.17, 15) is 13.2 Å². The SMILES string of the molecule is CCC(=O)N(Cc1ccccc1)CC1CCS(=O)(=O)C1. The van der Waals surface area contributed by atoms with Gasteiger partial charge in [0.05, 0.1) is 11.5 Å². The summed E-state index contributed by atoms with van der Waals surface area (Å²) in [4.78, 5) is 13.8. The maximum atomic E-state index is 12.0. The molecular formula is C15H21NO3S. The van der Waals surface area contributed by atoms with Crippen LogP contribution in [0, 0.1) is 5.92 Å². The second-order valence-corrected chi connectivity index (χ2v) is 7.61. The normalized spacial score (nSPS) is 20.8. The van der Waals surface area contributed by atoms with Crippen LogP contribution in [-0.2, 0) is 21.2 Å². The number of benzene rings is 1. The summed E-state index contributed by atoms with van der Waals surface area (Å²) in [5.74, 6) is 0.643. The van der Waals surface area contributed by atoms with Gasteiger partial charge in [-0.2, -0.15) is 0 Å². The molecular weight excluding hydrogens is 274 g/mol. The highest BCUT2D eigenvalue weighted by molar-refractivity contribution is 7.91. The van der Waals surface area contributed by atoms with Crippen molar-refractivity contribution in [3.8, 4) is 0 Å². The van der Waals surface area contributed by atoms with Crippen LogP contribution in [0.3, 0.4) is 0 Å². The minimum atomic E-state index is -2.88. The Morgan fingerprint density at radius 3 is 2.55 bits per heavy atom. The Kier molecular flexibility index (Phi) is 4.81. The molecule has 0 aromatic heterocycles. The van der Waals surface area contributed by atoms with Crippen LogP contribution >= 0.6 is 0 Å². The smallest absolute Gasteiger partial charge is 0.222 e. The number of amides is 1. The minimum absolute atomic E-state index is 0.0816. The predicted molar refractivity (Wildman–Crippen MR) is 78.9 cm³/mol. The zero-order chi connectivity index (χ0) is 14.6. The first-order valence-electron chi connectivity index (χ1n) is 7.02. The Morgan fingerprint density at radius 2 is 2.00 bits per heavy atom. The van der Waals surface area contributed by atoms with Crippen LogP contribution in [0.4, 0.5) is 0 Å². The fourth-order valence-corrected chi connectivity index (χ4v) is 4.46. The molecule has 1 saturated heterocycles. The second kappa shape index (κ2) is 6.39. The van der Waals surface area contributed by atoms with E-state index in [4.69, 9.17) is 0 Å². The quantitative estimate of drug-likeness (QED) is 0.833. The van der Waals surface area contributed by atoms with Gasteiger partial charge < -0.3 is 4.90 Å². The van der Waals surface area contributed by atoms with Crippen LogP contribution in [0.2, 0.25) is 0 Å². The summed E-state index contributed by atoms with van der Waals surface area (Å²) in [6, 6.07) is 9.82. The molecule has 1 aromatic rings. The third-order valence-corrected chi connectivity index (χ3v) is 5.51. The molecule has 2 rings (SSSR count). The Hall–Kier alpha value is -1.36. The van der Waals surface area contributed by atoms with Gasteiger partial charge >= 0.3 is 0 Å². The van der Waals surface area contributed by atoms with E-state index in [1.165, 1.54) is 0 Å². The van der Waals surface area contributed by atoms with Crippen molar-refractivity contribution in [2.75, 3.05) is 18.1 Å². The third kappa shape index (κ3) is 4.07. The van der Waals surface area contributed by atoms with E-state index in [2.05, 4.69) is 0 Å². The fraction of sp³-hybridized carbons (Fsp3) is 0.533. The lowest BCUT2D eigenvalue weighted by molar-refractivity contribution is -0.132. The van der Waals surface area contributed by atoms with E-state index in [0.717, 1.165) is 5.56 Å². The molecule has 20 heavy (non-hydrogen) atoms. The maximum Gasteiger partial charge on any atom is 0.222 e. The monoisotopic (exact) mass is 295 g/mol. The predicted octanol–water partition coefficient (Wildman–Crippen LogP) is 1.86. The first-order valence-corrected chi connectivity index (χ1v) is 8.84. The summed E-state index contributed by atoms with van der Waals surface area (Å²) in [5.41, 5.74) is 1.08. The zero-order valence-electron chi connectivity index (χ0n) is 11.8. The summed E-state index contributed by atoms with van der Waals surface area (Å²) in [7, 11) is -2.88. The molecule has 1 fully saturated rings. The van der Waals surface area contributed by atoms with Crippen molar-refractivity contribution in [2.45, 2.75) is 26.3 Å². The van der Waals surface area contributed by atoms with Crippen LogP contribution in [0.15, 0.2) is 30.3 Å². The molecule has 1 heterocycles. The number of hydrogen-bond donors (Lipinski definition) is 0. The first-order chi connectivity index (χ1) is 9.50. The van der Waals surface area contributed by atoms with E-state index in [1.807, 2.05) is 37.3 Å². The molecule has 0 bridgehead atoms. The van der Waals surface area contributed by atoms with Gasteiger partial charge in [-0.15, -0.1) is 0 Å². The average Bonchev–Trinajstić information content (AvgIpc) is 2.77. The van der Waals surface area contributed by atoms with Gasteiger partial charge in [-0.05, 0) is 17.9 Å². The summed E-state index contributed by atoms with van der Waals surface area (Å²) in [6.45, 7) is 2.94. The lowest BCUT2D eigenvalue weighted by Crippen LogP contribution is -2.34. The lowest BCUT2D eigenvalue weighted by Gasteiger charge is -2.25. The van der Waals surface area contributed by atoms with Crippen LogP contribution < -0.4 is 0 Å². The molecule has 0 aliphatic carbocycles. The van der Waals surface area contributed by atoms with Gasteiger partial charge in [0.15, 0.2) is 9.84 Å². The second-order valence-electron chi connectivity index (χ2n) is 5.38. The van der Waals surface area contributed by atoms with Gasteiger partial charge in [0.2, 0.25) is 5.91 Å². The van der Waals surface area contributed by atoms with E-state index >= 15 is 0 Å². The summed E-state index contributed by atoms with van der Waals surface area (Å²) in [5, 5.41) is 0. The van der Waals surface area contributed by atoms with Gasteiger partial charge in [-0.1, -0.05) is 37.3 Å². The Labute approximate surface area is 120 Å². The number of rotatable bonds is 5. The average molecular weight is 295 g/mol. The van der Waals surface area contributed by atoms with Crippen LogP contribution in [0.5, 0.6) is 0 Å². The molecule has 1 atom stereocenters. The number of sulfone groups is 1. The van der Waals surface area contributed by atoms with Crippen LogP contribution in [-0.4, -0.2) is 37.3 Å². The van der Waals surface area contributed by atoms with E-state index in [0.29, 0.717) is 25.9 Å². The molecule has 0 radical (unpaired) electrons. The van der Waals surface area contributed by atoms with E-state index in [-0.39, 0.29) is 23.3 Å². The molecule has 0 saturated carbocycles. The molecule has 0 N–H and O–H groups in total. The highest BCUT2D eigenvalue weighted by atomic mass is 32.2. The van der Waals surface area contributed by atoms with Crippen molar-refractivity contribution in [1.29, 1.82) is 0 Å². The highest BCUT2D eigenvalue weighted by Crippen LogP contribution is 2.20. The topological polar surface area (TPSA) is 54.5 Å².